The number of hydrogen-bond donors (Lipinski definition) is 2. The van der Waals surface area contributed by atoms with Crippen LogP contribution in [0.5, 0.6) is 5.75 Å². The van der Waals surface area contributed by atoms with Gasteiger partial charge in [-0.15, -0.1) is 46.7 Å². The molecule has 26 heavy (non-hydrogen) atoms. The third kappa shape index (κ3) is 5.42. The van der Waals surface area contributed by atoms with Crippen molar-refractivity contribution in [2.45, 2.75) is 13.3 Å². The first-order chi connectivity index (χ1) is 12.2. The lowest BCUT2D eigenvalue weighted by molar-refractivity contribution is 0.417. The van der Waals surface area contributed by atoms with Gasteiger partial charge in [0.05, 0.1) is 28.4 Å². The first-order valence-corrected chi connectivity index (χ1v) is 9.56. The van der Waals surface area contributed by atoms with Crippen LogP contribution in [0.2, 0.25) is 0 Å². The molecule has 0 fully saturated rings. The molecule has 0 saturated carbocycles. The molecule has 0 unspecified atom stereocenters. The van der Waals surface area contributed by atoms with E-state index in [1.807, 2.05) is 31.2 Å². The first-order valence-electron chi connectivity index (χ1n) is 7.87. The molecule has 2 aromatic heterocycles. The largest absolute Gasteiger partial charge is 0.495 e. The average molecular weight is 500 g/mol. The molecule has 2 heterocycles. The number of nitrogens with zero attached hydrogens (tertiary/aromatic N) is 2. The van der Waals surface area contributed by atoms with E-state index in [1.54, 1.807) is 29.8 Å². The molecule has 0 aliphatic rings. The van der Waals surface area contributed by atoms with E-state index in [0.29, 0.717) is 12.5 Å². The van der Waals surface area contributed by atoms with Crippen molar-refractivity contribution in [1.29, 1.82) is 0 Å². The maximum Gasteiger partial charge on any atom is 0.193 e. The number of rotatable bonds is 6. The van der Waals surface area contributed by atoms with Gasteiger partial charge in [-0.1, -0.05) is 12.1 Å². The van der Waals surface area contributed by atoms with Gasteiger partial charge in [-0.2, -0.15) is 0 Å². The first kappa shape index (κ1) is 20.7. The number of anilines is 1. The highest BCUT2D eigenvalue weighted by atomic mass is 127. The van der Waals surface area contributed by atoms with Crippen molar-refractivity contribution in [2.75, 3.05) is 19.0 Å². The summed E-state index contributed by atoms with van der Waals surface area (Å²) in [6, 6.07) is 11.9. The van der Waals surface area contributed by atoms with Crippen molar-refractivity contribution >= 4 is 58.3 Å². The minimum absolute atomic E-state index is 0. The number of nitrogens with two attached hydrogens (primary N) is 1. The molecule has 0 spiro atoms. The molecule has 5 nitrogen and oxygen atoms in total. The summed E-state index contributed by atoms with van der Waals surface area (Å²) < 4.78 is 5.29. The number of aryl methyl sites for hydroxylation is 1. The number of thiazole rings is 1. The average Bonchev–Trinajstić information content (AvgIpc) is 3.24. The van der Waals surface area contributed by atoms with Crippen LogP contribution >= 0.6 is 46.7 Å². The molecular weight excluding hydrogens is 479 g/mol. The quantitative estimate of drug-likeness (QED) is 0.291. The van der Waals surface area contributed by atoms with Crippen LogP contribution in [0.15, 0.2) is 46.8 Å². The zero-order valence-electron chi connectivity index (χ0n) is 14.6. The molecule has 8 heteroatoms. The number of para-hydroxylation sites is 2. The summed E-state index contributed by atoms with van der Waals surface area (Å²) in [6.45, 7) is 2.65. The third-order valence-corrected chi connectivity index (χ3v) is 5.48. The number of aliphatic imine (C=N–C) groups is 1. The Labute approximate surface area is 178 Å². The smallest absolute Gasteiger partial charge is 0.193 e. The molecule has 0 radical (unpaired) electrons. The van der Waals surface area contributed by atoms with E-state index in [1.165, 1.54) is 9.75 Å². The summed E-state index contributed by atoms with van der Waals surface area (Å²) in [5, 5.41) is 6.26. The third-order valence-electron chi connectivity index (χ3n) is 3.54. The van der Waals surface area contributed by atoms with Crippen LogP contribution in [0.25, 0.3) is 10.6 Å². The van der Waals surface area contributed by atoms with Crippen LogP contribution in [0, 0.1) is 6.92 Å². The molecule has 0 atom stereocenters. The molecular formula is C18H21IN4OS2. The predicted molar refractivity (Wildman–Crippen MR) is 122 cm³/mol. The molecule has 1 aromatic carbocycles. The predicted octanol–water partition coefficient (Wildman–Crippen LogP) is 4.78. The second-order valence-electron chi connectivity index (χ2n) is 5.36. The normalized spacial score (nSPS) is 11.1. The number of ether oxygens (including phenoxy) is 1. The highest BCUT2D eigenvalue weighted by Crippen LogP contribution is 2.29. The molecule has 3 aromatic rings. The Kier molecular flexibility index (Phi) is 7.85. The van der Waals surface area contributed by atoms with Crippen LogP contribution in [0.4, 0.5) is 5.69 Å². The van der Waals surface area contributed by atoms with Gasteiger partial charge in [0.1, 0.15) is 5.75 Å². The van der Waals surface area contributed by atoms with Crippen molar-refractivity contribution in [3.63, 3.8) is 0 Å². The Morgan fingerprint density at radius 2 is 2.08 bits per heavy atom. The van der Waals surface area contributed by atoms with Gasteiger partial charge in [-0.05, 0) is 31.2 Å². The van der Waals surface area contributed by atoms with Gasteiger partial charge in [-0.3, -0.25) is 4.99 Å². The van der Waals surface area contributed by atoms with E-state index in [-0.39, 0.29) is 24.0 Å². The number of methoxy groups -OCH3 is 1. The minimum Gasteiger partial charge on any atom is -0.495 e. The van der Waals surface area contributed by atoms with Crippen LogP contribution in [0.3, 0.4) is 0 Å². The number of benzene rings is 1. The van der Waals surface area contributed by atoms with Crippen LogP contribution in [-0.2, 0) is 6.42 Å². The van der Waals surface area contributed by atoms with E-state index in [2.05, 4.69) is 32.8 Å². The molecule has 3 rings (SSSR count). The highest BCUT2D eigenvalue weighted by Gasteiger charge is 2.06. The number of nitrogens with one attached hydrogen (secondary N) is 1. The summed E-state index contributed by atoms with van der Waals surface area (Å²) in [6.07, 6.45) is 0.849. The SMILES string of the molecule is COc1ccccc1NC(N)=NCCc1ccc(-c2csc(C)n2)s1.I. The van der Waals surface area contributed by atoms with Gasteiger partial charge >= 0.3 is 0 Å². The maximum atomic E-state index is 5.97. The zero-order valence-corrected chi connectivity index (χ0v) is 18.5. The van der Waals surface area contributed by atoms with Crippen molar-refractivity contribution in [3.8, 4) is 16.3 Å². The number of aromatic nitrogens is 1. The number of thiophene rings is 1. The fourth-order valence-corrected chi connectivity index (χ4v) is 3.98. The van der Waals surface area contributed by atoms with Gasteiger partial charge in [-0.25, -0.2) is 4.98 Å². The van der Waals surface area contributed by atoms with Gasteiger partial charge in [0.15, 0.2) is 5.96 Å². The van der Waals surface area contributed by atoms with Crippen LogP contribution < -0.4 is 15.8 Å². The van der Waals surface area contributed by atoms with E-state index in [9.17, 15) is 0 Å². The standard InChI is InChI=1S/C18H20N4OS2.HI/c1-12-21-15(11-24-12)17-8-7-13(25-17)9-10-20-18(19)22-14-5-3-4-6-16(14)23-2;/h3-8,11H,9-10H2,1-2H3,(H3,19,20,22);1H. The lowest BCUT2D eigenvalue weighted by Gasteiger charge is -2.09. The molecule has 0 amide bonds. The lowest BCUT2D eigenvalue weighted by Crippen LogP contribution is -2.23. The molecule has 3 N–H and O–H groups in total. The van der Waals surface area contributed by atoms with Crippen molar-refractivity contribution in [1.82, 2.24) is 4.98 Å². The van der Waals surface area contributed by atoms with Gasteiger partial charge < -0.3 is 15.8 Å². The van der Waals surface area contributed by atoms with Crippen molar-refractivity contribution in [3.05, 3.63) is 51.7 Å². The number of hydrogen-bond acceptors (Lipinski definition) is 5. The van der Waals surface area contributed by atoms with Gasteiger partial charge in [0.25, 0.3) is 0 Å². The summed E-state index contributed by atoms with van der Waals surface area (Å²) in [5.41, 5.74) is 7.83. The second kappa shape index (κ2) is 9.89. The molecule has 0 aliphatic heterocycles. The van der Waals surface area contributed by atoms with Gasteiger partial charge in [0.2, 0.25) is 0 Å². The van der Waals surface area contributed by atoms with Crippen LogP contribution in [0.1, 0.15) is 9.88 Å². The minimum atomic E-state index is 0. The van der Waals surface area contributed by atoms with Crippen LogP contribution in [-0.4, -0.2) is 24.6 Å². The number of halogens is 1. The highest BCUT2D eigenvalue weighted by molar-refractivity contribution is 14.0. The maximum absolute atomic E-state index is 5.97. The Balaban J connectivity index is 0.00000243. The van der Waals surface area contributed by atoms with E-state index in [0.717, 1.165) is 28.6 Å². The summed E-state index contributed by atoms with van der Waals surface area (Å²) in [4.78, 5) is 11.4. The summed E-state index contributed by atoms with van der Waals surface area (Å²) >= 11 is 3.43. The Hall–Kier alpha value is -1.65. The Morgan fingerprint density at radius 1 is 1.27 bits per heavy atom. The number of guanidine groups is 1. The summed E-state index contributed by atoms with van der Waals surface area (Å²) in [5.74, 6) is 1.12. The Bertz CT molecular complexity index is 875. The molecule has 0 bridgehead atoms. The molecule has 138 valence electrons. The van der Waals surface area contributed by atoms with E-state index in [4.69, 9.17) is 10.5 Å². The van der Waals surface area contributed by atoms with Crippen molar-refractivity contribution in [2.24, 2.45) is 10.7 Å². The lowest BCUT2D eigenvalue weighted by atomic mass is 10.3. The fourth-order valence-electron chi connectivity index (χ4n) is 2.34. The van der Waals surface area contributed by atoms with E-state index >= 15 is 0 Å². The molecule has 0 aliphatic carbocycles. The monoisotopic (exact) mass is 500 g/mol. The second-order valence-corrected chi connectivity index (χ2v) is 7.59. The topological polar surface area (TPSA) is 72.5 Å². The fraction of sp³-hybridized carbons (Fsp3) is 0.222. The Morgan fingerprint density at radius 3 is 2.81 bits per heavy atom. The molecule has 0 saturated heterocycles. The van der Waals surface area contributed by atoms with Crippen molar-refractivity contribution < 1.29 is 4.74 Å². The van der Waals surface area contributed by atoms with E-state index < -0.39 is 0 Å². The zero-order chi connectivity index (χ0) is 17.6. The summed E-state index contributed by atoms with van der Waals surface area (Å²) in [7, 11) is 1.63. The van der Waals surface area contributed by atoms with Gasteiger partial charge in [0, 0.05) is 23.2 Å².